The zero-order chi connectivity index (χ0) is 13.2. The summed E-state index contributed by atoms with van der Waals surface area (Å²) >= 11 is 0. The molecule has 1 fully saturated rings. The molecule has 3 rings (SSSR count). The van der Waals surface area contributed by atoms with Gasteiger partial charge in [-0.1, -0.05) is 42.5 Å². The second-order valence-corrected chi connectivity index (χ2v) is 4.84. The summed E-state index contributed by atoms with van der Waals surface area (Å²) in [6.45, 7) is 1.90. The number of cyclic esters (lactones) is 1. The summed E-state index contributed by atoms with van der Waals surface area (Å²) in [7, 11) is 0. The molecule has 2 heteroatoms. The van der Waals surface area contributed by atoms with Gasteiger partial charge in [-0.2, -0.15) is 0 Å². The van der Waals surface area contributed by atoms with E-state index in [1.807, 2.05) is 37.3 Å². The number of esters is 1. The predicted molar refractivity (Wildman–Crippen MR) is 75.8 cm³/mol. The number of carbonyl (C=O) groups is 1. The molecule has 1 saturated heterocycles. The van der Waals surface area contributed by atoms with Crippen molar-refractivity contribution < 1.29 is 9.53 Å². The summed E-state index contributed by atoms with van der Waals surface area (Å²) in [5.41, 5.74) is 1.08. The van der Waals surface area contributed by atoms with Crippen LogP contribution < -0.4 is 0 Å². The van der Waals surface area contributed by atoms with E-state index in [0.717, 1.165) is 29.6 Å². The van der Waals surface area contributed by atoms with Gasteiger partial charge in [-0.05, 0) is 35.8 Å². The van der Waals surface area contributed by atoms with Crippen molar-refractivity contribution in [1.29, 1.82) is 0 Å². The molecule has 0 aliphatic carbocycles. The minimum absolute atomic E-state index is 0.129. The van der Waals surface area contributed by atoms with Crippen LogP contribution in [0, 0.1) is 0 Å². The van der Waals surface area contributed by atoms with Crippen molar-refractivity contribution in [1.82, 2.24) is 0 Å². The molecule has 19 heavy (non-hydrogen) atoms. The normalized spacial score (nSPS) is 21.6. The molecule has 0 spiro atoms. The molecular weight excluding hydrogens is 236 g/mol. The highest BCUT2D eigenvalue weighted by Crippen LogP contribution is 2.34. The van der Waals surface area contributed by atoms with Crippen molar-refractivity contribution in [3.05, 3.63) is 59.9 Å². The molecule has 0 bridgehead atoms. The Morgan fingerprint density at radius 3 is 2.74 bits per heavy atom. The quantitative estimate of drug-likeness (QED) is 0.712. The van der Waals surface area contributed by atoms with Gasteiger partial charge in [0.15, 0.2) is 0 Å². The molecule has 2 aromatic carbocycles. The summed E-state index contributed by atoms with van der Waals surface area (Å²) in [5.74, 6) is 0.520. The average Bonchev–Trinajstić information content (AvgIpc) is 2.46. The fraction of sp³-hybridized carbons (Fsp3) is 0.235. The van der Waals surface area contributed by atoms with Crippen LogP contribution in [-0.2, 0) is 9.53 Å². The van der Waals surface area contributed by atoms with Gasteiger partial charge in [0.1, 0.15) is 5.76 Å². The Bertz CT molecular complexity index is 650. The predicted octanol–water partition coefficient (Wildman–Crippen LogP) is 4.16. The summed E-state index contributed by atoms with van der Waals surface area (Å²) in [4.78, 5) is 12.1. The van der Waals surface area contributed by atoms with Crippen molar-refractivity contribution in [3.63, 3.8) is 0 Å². The Balaban J connectivity index is 2.03. The van der Waals surface area contributed by atoms with E-state index in [0.29, 0.717) is 0 Å². The van der Waals surface area contributed by atoms with Gasteiger partial charge in [0.05, 0.1) is 5.92 Å². The number of hydrogen-bond donors (Lipinski definition) is 0. The standard InChI is InChI=1S/C17H16O2/c1-2-13-10-11-16(17(18)19-13)15-9-5-7-12-6-3-4-8-14(12)15/h2-9,16H,10-11H2,1H3/b13-2+/t16-/m1/s1. The monoisotopic (exact) mass is 252 g/mol. The van der Waals surface area contributed by atoms with Gasteiger partial charge in [0.25, 0.3) is 0 Å². The molecule has 1 aliphatic heterocycles. The fourth-order valence-corrected chi connectivity index (χ4v) is 2.70. The van der Waals surface area contributed by atoms with E-state index >= 15 is 0 Å². The molecule has 0 N–H and O–H groups in total. The zero-order valence-corrected chi connectivity index (χ0v) is 10.9. The molecule has 1 aliphatic rings. The third-order valence-corrected chi connectivity index (χ3v) is 3.72. The van der Waals surface area contributed by atoms with Gasteiger partial charge in [0.2, 0.25) is 0 Å². The first-order valence-corrected chi connectivity index (χ1v) is 6.64. The van der Waals surface area contributed by atoms with Crippen molar-refractivity contribution in [2.24, 2.45) is 0 Å². The van der Waals surface area contributed by atoms with E-state index < -0.39 is 0 Å². The number of rotatable bonds is 1. The number of allylic oxidation sites excluding steroid dienone is 2. The van der Waals surface area contributed by atoms with E-state index in [-0.39, 0.29) is 11.9 Å². The van der Waals surface area contributed by atoms with Crippen LogP contribution in [0.4, 0.5) is 0 Å². The van der Waals surface area contributed by atoms with Crippen molar-refractivity contribution in [2.45, 2.75) is 25.7 Å². The second-order valence-electron chi connectivity index (χ2n) is 4.84. The van der Waals surface area contributed by atoms with Crippen LogP contribution in [0.25, 0.3) is 10.8 Å². The Hall–Kier alpha value is -2.09. The van der Waals surface area contributed by atoms with E-state index in [9.17, 15) is 4.79 Å². The zero-order valence-electron chi connectivity index (χ0n) is 10.9. The highest BCUT2D eigenvalue weighted by Gasteiger charge is 2.29. The van der Waals surface area contributed by atoms with E-state index in [1.54, 1.807) is 0 Å². The Morgan fingerprint density at radius 2 is 1.95 bits per heavy atom. The van der Waals surface area contributed by atoms with Crippen molar-refractivity contribution >= 4 is 16.7 Å². The molecule has 0 amide bonds. The maximum absolute atomic E-state index is 12.1. The lowest BCUT2D eigenvalue weighted by atomic mass is 9.88. The van der Waals surface area contributed by atoms with Gasteiger partial charge >= 0.3 is 5.97 Å². The third-order valence-electron chi connectivity index (χ3n) is 3.72. The number of carbonyl (C=O) groups excluding carboxylic acids is 1. The first kappa shape index (κ1) is 12.0. The van der Waals surface area contributed by atoms with Gasteiger partial charge in [-0.15, -0.1) is 0 Å². The third kappa shape index (κ3) is 2.14. The minimum atomic E-state index is -0.144. The Labute approximate surface area is 112 Å². The smallest absolute Gasteiger partial charge is 0.318 e. The van der Waals surface area contributed by atoms with Crippen LogP contribution >= 0.6 is 0 Å². The van der Waals surface area contributed by atoms with Gasteiger partial charge in [0, 0.05) is 6.42 Å². The van der Waals surface area contributed by atoms with Crippen molar-refractivity contribution in [2.75, 3.05) is 0 Å². The molecule has 96 valence electrons. The largest absolute Gasteiger partial charge is 0.431 e. The van der Waals surface area contributed by atoms with Crippen LogP contribution in [0.3, 0.4) is 0 Å². The molecule has 2 aromatic rings. The lowest BCUT2D eigenvalue weighted by molar-refractivity contribution is -0.143. The topological polar surface area (TPSA) is 26.3 Å². The van der Waals surface area contributed by atoms with Crippen LogP contribution in [-0.4, -0.2) is 5.97 Å². The van der Waals surface area contributed by atoms with E-state index in [4.69, 9.17) is 4.74 Å². The fourth-order valence-electron chi connectivity index (χ4n) is 2.70. The minimum Gasteiger partial charge on any atom is -0.431 e. The summed E-state index contributed by atoms with van der Waals surface area (Å²) in [6, 6.07) is 14.3. The van der Waals surface area contributed by atoms with E-state index in [1.165, 1.54) is 5.39 Å². The van der Waals surface area contributed by atoms with Crippen LogP contribution in [0.5, 0.6) is 0 Å². The molecular formula is C17H16O2. The molecule has 1 atom stereocenters. The molecule has 0 unspecified atom stereocenters. The molecule has 1 heterocycles. The molecule has 0 saturated carbocycles. The highest BCUT2D eigenvalue weighted by atomic mass is 16.5. The number of ether oxygens (including phenoxy) is 1. The van der Waals surface area contributed by atoms with Gasteiger partial charge < -0.3 is 4.74 Å². The maximum Gasteiger partial charge on any atom is 0.318 e. The number of fused-ring (bicyclic) bond motifs is 1. The van der Waals surface area contributed by atoms with Crippen molar-refractivity contribution in [3.8, 4) is 0 Å². The summed E-state index contributed by atoms with van der Waals surface area (Å²) in [6.07, 6.45) is 3.53. The van der Waals surface area contributed by atoms with E-state index in [2.05, 4.69) is 18.2 Å². The number of hydrogen-bond acceptors (Lipinski definition) is 2. The first-order valence-electron chi connectivity index (χ1n) is 6.64. The Kier molecular flexibility index (Phi) is 3.08. The summed E-state index contributed by atoms with van der Waals surface area (Å²) < 4.78 is 5.37. The second kappa shape index (κ2) is 4.88. The Morgan fingerprint density at radius 1 is 1.16 bits per heavy atom. The summed E-state index contributed by atoms with van der Waals surface area (Å²) in [5, 5.41) is 2.32. The maximum atomic E-state index is 12.1. The SMILES string of the molecule is C/C=C1\CC[C@H](c2cccc3ccccc23)C(=O)O1. The molecule has 0 radical (unpaired) electrons. The lowest BCUT2D eigenvalue weighted by Gasteiger charge is -2.24. The van der Waals surface area contributed by atoms with Gasteiger partial charge in [-0.25, -0.2) is 0 Å². The van der Waals surface area contributed by atoms with Crippen LogP contribution in [0.2, 0.25) is 0 Å². The lowest BCUT2D eigenvalue weighted by Crippen LogP contribution is -2.21. The van der Waals surface area contributed by atoms with Gasteiger partial charge in [-0.3, -0.25) is 4.79 Å². The highest BCUT2D eigenvalue weighted by molar-refractivity contribution is 5.91. The first-order chi connectivity index (χ1) is 9.29. The molecule has 2 nitrogen and oxygen atoms in total. The number of benzene rings is 2. The van der Waals surface area contributed by atoms with Crippen LogP contribution in [0.15, 0.2) is 54.3 Å². The molecule has 0 aromatic heterocycles. The average molecular weight is 252 g/mol. The van der Waals surface area contributed by atoms with Crippen LogP contribution in [0.1, 0.15) is 31.2 Å².